The highest BCUT2D eigenvalue weighted by atomic mass is 32.2. The predicted molar refractivity (Wildman–Crippen MR) is 97.9 cm³/mol. The van der Waals surface area contributed by atoms with Crippen molar-refractivity contribution in [1.82, 2.24) is 0 Å². The molecule has 0 aliphatic rings. The zero-order valence-corrected chi connectivity index (χ0v) is 16.7. The van der Waals surface area contributed by atoms with Crippen molar-refractivity contribution < 1.29 is 49.4 Å². The van der Waals surface area contributed by atoms with Gasteiger partial charge in [-0.1, -0.05) is 0 Å². The summed E-state index contributed by atoms with van der Waals surface area (Å²) in [5, 5.41) is 12.4. The molecule has 0 bridgehead atoms. The maximum Gasteiger partial charge on any atom is 0.416 e. The van der Waals surface area contributed by atoms with Gasteiger partial charge in [-0.25, -0.2) is 0 Å². The molecular formula is C19H14F9NO2S. The Morgan fingerprint density at radius 2 is 1.25 bits per heavy atom. The molecule has 0 fully saturated rings. The Morgan fingerprint density at radius 3 is 1.66 bits per heavy atom. The molecule has 176 valence electrons. The normalized spacial score (nSPS) is 14.7. The Morgan fingerprint density at radius 1 is 0.812 bits per heavy atom. The number of benzene rings is 2. The van der Waals surface area contributed by atoms with E-state index in [-0.39, 0.29) is 11.8 Å². The van der Waals surface area contributed by atoms with E-state index < -0.39 is 57.4 Å². The van der Waals surface area contributed by atoms with E-state index in [1.807, 2.05) is 0 Å². The molecule has 2 rings (SSSR count). The topological polar surface area (TPSA) is 49.3 Å². The van der Waals surface area contributed by atoms with Crippen molar-refractivity contribution in [3.05, 3.63) is 59.2 Å². The first-order chi connectivity index (χ1) is 14.4. The average Bonchev–Trinajstić information content (AvgIpc) is 2.64. The highest BCUT2D eigenvalue weighted by molar-refractivity contribution is 7.99. The van der Waals surface area contributed by atoms with Crippen LogP contribution in [0.25, 0.3) is 0 Å². The molecule has 0 aromatic heterocycles. The van der Waals surface area contributed by atoms with Crippen LogP contribution in [0, 0.1) is 0 Å². The molecule has 0 spiro atoms. The maximum absolute atomic E-state index is 12.9. The lowest BCUT2D eigenvalue weighted by Gasteiger charge is -2.22. The number of rotatable bonds is 5. The molecule has 2 N–H and O–H groups in total. The number of hydrogen-bond acceptors (Lipinski definition) is 3. The van der Waals surface area contributed by atoms with Crippen LogP contribution in [0.3, 0.4) is 0 Å². The monoisotopic (exact) mass is 491 g/mol. The van der Waals surface area contributed by atoms with E-state index in [0.29, 0.717) is 36.0 Å². The van der Waals surface area contributed by atoms with Crippen LogP contribution in [-0.2, 0) is 23.3 Å². The number of nitrogens with one attached hydrogen (secondary N) is 1. The van der Waals surface area contributed by atoms with E-state index in [1.54, 1.807) is 0 Å². The van der Waals surface area contributed by atoms with E-state index in [2.05, 4.69) is 5.32 Å². The van der Waals surface area contributed by atoms with Crippen LogP contribution in [0.4, 0.5) is 45.2 Å². The number of aliphatic hydroxyl groups is 1. The summed E-state index contributed by atoms with van der Waals surface area (Å²) < 4.78 is 115. The van der Waals surface area contributed by atoms with Gasteiger partial charge in [0.1, 0.15) is 5.60 Å². The molecule has 1 unspecified atom stereocenters. The molecule has 1 amide bonds. The van der Waals surface area contributed by atoms with Crippen LogP contribution in [0.5, 0.6) is 0 Å². The van der Waals surface area contributed by atoms with Gasteiger partial charge in [-0.2, -0.15) is 39.5 Å². The number of hydrogen-bond donors (Lipinski definition) is 2. The first kappa shape index (κ1) is 25.8. The van der Waals surface area contributed by atoms with Crippen molar-refractivity contribution in [3.63, 3.8) is 0 Å². The summed E-state index contributed by atoms with van der Waals surface area (Å²) in [5.74, 6) is -1.76. The fourth-order valence-corrected chi connectivity index (χ4v) is 3.31. The van der Waals surface area contributed by atoms with Crippen molar-refractivity contribution >= 4 is 23.4 Å². The van der Waals surface area contributed by atoms with Crippen molar-refractivity contribution in [1.29, 1.82) is 0 Å². The molecule has 0 saturated carbocycles. The molecule has 1 atom stereocenters. The summed E-state index contributed by atoms with van der Waals surface area (Å²) in [6, 6.07) is 4.05. The lowest BCUT2D eigenvalue weighted by molar-refractivity contribution is -0.143. The third-order valence-corrected chi connectivity index (χ3v) is 5.32. The Kier molecular flexibility index (Phi) is 7.15. The second-order valence-electron chi connectivity index (χ2n) is 6.83. The van der Waals surface area contributed by atoms with Gasteiger partial charge in [-0.05, 0) is 49.4 Å². The summed E-state index contributed by atoms with van der Waals surface area (Å²) in [6.45, 7) is 0.956. The Labute approximate surface area is 179 Å². The molecule has 0 aliphatic carbocycles. The molecule has 13 heteroatoms. The van der Waals surface area contributed by atoms with Gasteiger partial charge in [0.25, 0.3) is 5.91 Å². The SMILES string of the molecule is CC(O)(CSc1cc(C(F)(F)F)cc(C(F)(F)F)c1)C(=O)Nc1ccc(C(F)(F)F)cc1. The Bertz CT molecular complexity index is 932. The minimum Gasteiger partial charge on any atom is -0.379 e. The summed E-state index contributed by atoms with van der Waals surface area (Å²) in [5.41, 5.74) is -6.47. The van der Waals surface area contributed by atoms with E-state index >= 15 is 0 Å². The van der Waals surface area contributed by atoms with Crippen molar-refractivity contribution in [2.24, 2.45) is 0 Å². The minimum absolute atomic E-state index is 0.0560. The summed E-state index contributed by atoms with van der Waals surface area (Å²) in [4.78, 5) is 11.7. The Balaban J connectivity index is 2.15. The predicted octanol–water partition coefficient (Wildman–Crippen LogP) is 6.22. The van der Waals surface area contributed by atoms with E-state index in [0.717, 1.165) is 19.1 Å². The van der Waals surface area contributed by atoms with E-state index in [1.165, 1.54) is 0 Å². The molecule has 0 heterocycles. The van der Waals surface area contributed by atoms with E-state index in [4.69, 9.17) is 0 Å². The number of carbonyl (C=O) groups is 1. The number of thioether (sulfide) groups is 1. The van der Waals surface area contributed by atoms with E-state index in [9.17, 15) is 49.4 Å². The van der Waals surface area contributed by atoms with Crippen molar-refractivity contribution in [2.45, 2.75) is 35.9 Å². The third-order valence-electron chi connectivity index (χ3n) is 4.04. The lowest BCUT2D eigenvalue weighted by Crippen LogP contribution is -2.42. The van der Waals surface area contributed by atoms with Gasteiger partial charge in [0, 0.05) is 16.3 Å². The number of amides is 1. The zero-order valence-electron chi connectivity index (χ0n) is 15.9. The van der Waals surface area contributed by atoms with Gasteiger partial charge in [-0.15, -0.1) is 11.8 Å². The highest BCUT2D eigenvalue weighted by Gasteiger charge is 2.38. The summed E-state index contributed by atoms with van der Waals surface area (Å²) in [7, 11) is 0. The maximum atomic E-state index is 12.9. The molecule has 32 heavy (non-hydrogen) atoms. The van der Waals surface area contributed by atoms with Crippen LogP contribution in [-0.4, -0.2) is 22.4 Å². The van der Waals surface area contributed by atoms with Crippen LogP contribution >= 0.6 is 11.8 Å². The van der Waals surface area contributed by atoms with Gasteiger partial charge in [0.2, 0.25) is 0 Å². The largest absolute Gasteiger partial charge is 0.416 e. The van der Waals surface area contributed by atoms with Crippen molar-refractivity contribution in [2.75, 3.05) is 11.1 Å². The molecule has 0 aliphatic heterocycles. The smallest absolute Gasteiger partial charge is 0.379 e. The molecule has 0 saturated heterocycles. The fraction of sp³-hybridized carbons (Fsp3) is 0.316. The molecular weight excluding hydrogens is 477 g/mol. The number of alkyl halides is 9. The second kappa shape index (κ2) is 8.85. The first-order valence-electron chi connectivity index (χ1n) is 8.53. The molecule has 2 aromatic rings. The molecule has 0 radical (unpaired) electrons. The van der Waals surface area contributed by atoms with Gasteiger partial charge in [0.05, 0.1) is 16.7 Å². The number of halogens is 9. The first-order valence-corrected chi connectivity index (χ1v) is 9.51. The third kappa shape index (κ3) is 6.79. The second-order valence-corrected chi connectivity index (χ2v) is 7.88. The van der Waals surface area contributed by atoms with Crippen LogP contribution in [0.15, 0.2) is 47.4 Å². The van der Waals surface area contributed by atoms with Gasteiger partial charge >= 0.3 is 18.5 Å². The standard InChI is InChI=1S/C19H14F9NO2S/c1-16(31,15(30)29-13-4-2-10(3-5-13)17(20,21)22)9-32-14-7-11(18(23,24)25)6-12(8-14)19(26,27)28/h2-8,31H,9H2,1H3,(H,29,30). The van der Waals surface area contributed by atoms with Crippen LogP contribution in [0.2, 0.25) is 0 Å². The van der Waals surface area contributed by atoms with Gasteiger partial charge in [-0.3, -0.25) is 4.79 Å². The van der Waals surface area contributed by atoms with Crippen molar-refractivity contribution in [3.8, 4) is 0 Å². The van der Waals surface area contributed by atoms with Gasteiger partial charge in [0.15, 0.2) is 0 Å². The number of anilines is 1. The van der Waals surface area contributed by atoms with Gasteiger partial charge < -0.3 is 10.4 Å². The zero-order chi connectivity index (χ0) is 24.5. The number of carbonyl (C=O) groups excluding carboxylic acids is 1. The summed E-state index contributed by atoms with van der Waals surface area (Å²) in [6.07, 6.45) is -14.7. The molecule has 3 nitrogen and oxygen atoms in total. The van der Waals surface area contributed by atoms with Crippen LogP contribution < -0.4 is 5.32 Å². The Hall–Kier alpha value is -2.41. The lowest BCUT2D eigenvalue weighted by atomic mass is 10.1. The average molecular weight is 491 g/mol. The minimum atomic E-state index is -5.06. The fourth-order valence-electron chi connectivity index (χ4n) is 2.31. The molecule has 2 aromatic carbocycles. The highest BCUT2D eigenvalue weighted by Crippen LogP contribution is 2.39. The van der Waals surface area contributed by atoms with Crippen LogP contribution in [0.1, 0.15) is 23.6 Å². The summed E-state index contributed by atoms with van der Waals surface area (Å²) >= 11 is 0.373. The quantitative estimate of drug-likeness (QED) is 0.386.